The molecule has 2 heteroatoms. The topological polar surface area (TPSA) is 20.3 Å². The molecule has 2 aromatic rings. The maximum atomic E-state index is 12.8. The van der Waals surface area contributed by atoms with Gasteiger partial charge in [-0.15, -0.1) is 0 Å². The first-order chi connectivity index (χ1) is 12.1. The third-order valence-corrected chi connectivity index (χ3v) is 4.88. The summed E-state index contributed by atoms with van der Waals surface area (Å²) in [5.74, 6) is 0.318. The molecule has 0 bridgehead atoms. The molecule has 130 valence electrons. The van der Waals surface area contributed by atoms with Crippen molar-refractivity contribution in [1.29, 1.82) is 0 Å². The van der Waals surface area contributed by atoms with Crippen LogP contribution >= 0.6 is 0 Å². The predicted octanol–water partition coefficient (Wildman–Crippen LogP) is 5.80. The van der Waals surface area contributed by atoms with Crippen LogP contribution in [0.2, 0.25) is 0 Å². The van der Waals surface area contributed by atoms with Gasteiger partial charge in [0.2, 0.25) is 0 Å². The standard InChI is InChI=1S/C23H27NO/c1-4-5-10-23(25)22-16-24(17(2)3)14-13-21(22)20-12-11-18-8-6-7-9-19(18)15-20/h6-9,11-17,21H,4-5,10H2,1-3H3/t21-/m0/s1. The van der Waals surface area contributed by atoms with E-state index in [4.69, 9.17) is 0 Å². The van der Waals surface area contributed by atoms with Crippen molar-refractivity contribution in [3.63, 3.8) is 0 Å². The first-order valence-corrected chi connectivity index (χ1v) is 9.29. The number of benzene rings is 2. The lowest BCUT2D eigenvalue weighted by molar-refractivity contribution is -0.116. The molecule has 0 N–H and O–H groups in total. The van der Waals surface area contributed by atoms with Gasteiger partial charge >= 0.3 is 0 Å². The number of nitrogens with zero attached hydrogens (tertiary/aromatic N) is 1. The van der Waals surface area contributed by atoms with E-state index in [1.165, 1.54) is 16.3 Å². The van der Waals surface area contributed by atoms with Gasteiger partial charge in [0.05, 0.1) is 0 Å². The Morgan fingerprint density at radius 3 is 2.60 bits per heavy atom. The highest BCUT2D eigenvalue weighted by Crippen LogP contribution is 2.33. The molecule has 0 amide bonds. The second-order valence-electron chi connectivity index (χ2n) is 7.08. The van der Waals surface area contributed by atoms with Gasteiger partial charge in [-0.05, 0) is 36.6 Å². The Labute approximate surface area is 150 Å². The Morgan fingerprint density at radius 2 is 1.88 bits per heavy atom. The molecule has 0 saturated carbocycles. The molecular formula is C23H27NO. The summed E-state index contributed by atoms with van der Waals surface area (Å²) in [7, 11) is 0. The van der Waals surface area contributed by atoms with E-state index in [-0.39, 0.29) is 11.7 Å². The van der Waals surface area contributed by atoms with Gasteiger partial charge in [-0.2, -0.15) is 0 Å². The van der Waals surface area contributed by atoms with Gasteiger partial charge in [-0.25, -0.2) is 0 Å². The van der Waals surface area contributed by atoms with Gasteiger partial charge in [0.1, 0.15) is 0 Å². The fourth-order valence-electron chi connectivity index (χ4n) is 3.31. The highest BCUT2D eigenvalue weighted by molar-refractivity contribution is 5.97. The molecule has 1 aliphatic rings. The van der Waals surface area contributed by atoms with Crippen LogP contribution in [0.5, 0.6) is 0 Å². The van der Waals surface area contributed by atoms with Crippen molar-refractivity contribution in [3.05, 3.63) is 72.1 Å². The number of hydrogen-bond donors (Lipinski definition) is 0. The number of hydrogen-bond acceptors (Lipinski definition) is 2. The molecule has 2 aromatic carbocycles. The molecule has 0 aromatic heterocycles. The van der Waals surface area contributed by atoms with Gasteiger partial charge in [0.15, 0.2) is 5.78 Å². The fraction of sp³-hybridized carbons (Fsp3) is 0.348. The van der Waals surface area contributed by atoms with Crippen LogP contribution < -0.4 is 0 Å². The average molecular weight is 333 g/mol. The van der Waals surface area contributed by atoms with Crippen LogP contribution in [0.3, 0.4) is 0 Å². The van der Waals surface area contributed by atoms with E-state index < -0.39 is 0 Å². The van der Waals surface area contributed by atoms with Crippen LogP contribution in [0, 0.1) is 0 Å². The molecule has 3 rings (SSSR count). The summed E-state index contributed by atoms with van der Waals surface area (Å²) in [6.07, 6.45) is 8.97. The number of Topliss-reactive ketones (excluding diaryl/α,β-unsaturated/α-hetero) is 1. The molecular weight excluding hydrogens is 306 g/mol. The van der Waals surface area contributed by atoms with Gasteiger partial charge in [-0.1, -0.05) is 61.9 Å². The highest BCUT2D eigenvalue weighted by Gasteiger charge is 2.24. The van der Waals surface area contributed by atoms with Crippen LogP contribution in [-0.4, -0.2) is 16.7 Å². The Hall–Kier alpha value is -2.35. The lowest BCUT2D eigenvalue weighted by Crippen LogP contribution is -2.26. The Morgan fingerprint density at radius 1 is 1.12 bits per heavy atom. The van der Waals surface area contributed by atoms with Gasteiger partial charge in [0, 0.05) is 36.4 Å². The first kappa shape index (κ1) is 17.5. The minimum Gasteiger partial charge on any atom is -0.352 e. The van der Waals surface area contributed by atoms with Crippen molar-refractivity contribution < 1.29 is 4.79 Å². The molecule has 2 nitrogen and oxygen atoms in total. The first-order valence-electron chi connectivity index (χ1n) is 9.29. The van der Waals surface area contributed by atoms with Crippen molar-refractivity contribution in [2.45, 2.75) is 52.0 Å². The van der Waals surface area contributed by atoms with Crippen molar-refractivity contribution >= 4 is 16.6 Å². The molecule has 1 heterocycles. The average Bonchev–Trinajstić information content (AvgIpc) is 2.65. The highest BCUT2D eigenvalue weighted by atomic mass is 16.1. The number of allylic oxidation sites excluding steroid dienone is 2. The summed E-state index contributed by atoms with van der Waals surface area (Å²) in [5.41, 5.74) is 2.11. The van der Waals surface area contributed by atoms with Crippen molar-refractivity contribution in [2.24, 2.45) is 0 Å². The van der Waals surface area contributed by atoms with Crippen molar-refractivity contribution in [2.75, 3.05) is 0 Å². The smallest absolute Gasteiger partial charge is 0.161 e. The second-order valence-corrected chi connectivity index (χ2v) is 7.08. The zero-order valence-electron chi connectivity index (χ0n) is 15.4. The summed E-state index contributed by atoms with van der Waals surface area (Å²) in [5, 5.41) is 2.46. The SMILES string of the molecule is CCCCC(=O)C1=CN(C(C)C)C=C[C@H]1c1ccc2ccccc2c1. The largest absolute Gasteiger partial charge is 0.352 e. The predicted molar refractivity (Wildman–Crippen MR) is 105 cm³/mol. The molecule has 0 unspecified atom stereocenters. The van der Waals surface area contributed by atoms with E-state index in [1.807, 2.05) is 0 Å². The van der Waals surface area contributed by atoms with Crippen molar-refractivity contribution in [1.82, 2.24) is 4.90 Å². The monoisotopic (exact) mass is 333 g/mol. The van der Waals surface area contributed by atoms with E-state index >= 15 is 0 Å². The summed E-state index contributed by atoms with van der Waals surface area (Å²) >= 11 is 0. The van der Waals surface area contributed by atoms with Gasteiger partial charge in [-0.3, -0.25) is 4.79 Å². The number of rotatable bonds is 6. The summed E-state index contributed by atoms with van der Waals surface area (Å²) < 4.78 is 0. The minimum absolute atomic E-state index is 0.0453. The number of carbonyl (C=O) groups is 1. The normalized spacial score (nSPS) is 17.2. The molecule has 0 radical (unpaired) electrons. The molecule has 1 atom stereocenters. The molecule has 25 heavy (non-hydrogen) atoms. The Bertz CT molecular complexity index is 816. The van der Waals surface area contributed by atoms with Crippen LogP contribution in [0.1, 0.15) is 51.5 Å². The quantitative estimate of drug-likeness (QED) is 0.665. The van der Waals surface area contributed by atoms with Crippen molar-refractivity contribution in [3.8, 4) is 0 Å². The molecule has 0 saturated heterocycles. The lowest BCUT2D eigenvalue weighted by atomic mass is 9.85. The number of fused-ring (bicyclic) bond motifs is 1. The number of carbonyl (C=O) groups excluding carboxylic acids is 1. The van der Waals surface area contributed by atoms with Crippen LogP contribution in [-0.2, 0) is 4.79 Å². The molecule has 1 aliphatic heterocycles. The zero-order chi connectivity index (χ0) is 17.8. The van der Waals surface area contributed by atoms with Gasteiger partial charge in [0.25, 0.3) is 0 Å². The maximum absolute atomic E-state index is 12.8. The molecule has 0 fully saturated rings. The Balaban J connectivity index is 1.97. The van der Waals surface area contributed by atoms with E-state index in [0.717, 1.165) is 18.4 Å². The minimum atomic E-state index is 0.0453. The van der Waals surface area contributed by atoms with E-state index in [0.29, 0.717) is 12.5 Å². The third-order valence-electron chi connectivity index (χ3n) is 4.88. The molecule has 0 aliphatic carbocycles. The number of ketones is 1. The number of unbranched alkanes of at least 4 members (excludes halogenated alkanes) is 1. The van der Waals surface area contributed by atoms with Crippen LogP contribution in [0.4, 0.5) is 0 Å². The lowest BCUT2D eigenvalue weighted by Gasteiger charge is -2.29. The summed E-state index contributed by atoms with van der Waals surface area (Å²) in [6.45, 7) is 6.42. The maximum Gasteiger partial charge on any atom is 0.161 e. The summed E-state index contributed by atoms with van der Waals surface area (Å²) in [6, 6.07) is 15.3. The van der Waals surface area contributed by atoms with Crippen LogP contribution in [0.15, 0.2) is 66.5 Å². The molecule has 0 spiro atoms. The fourth-order valence-corrected chi connectivity index (χ4v) is 3.31. The van der Waals surface area contributed by atoms with E-state index in [9.17, 15) is 4.79 Å². The van der Waals surface area contributed by atoms with E-state index in [2.05, 4.69) is 86.6 Å². The second kappa shape index (κ2) is 7.69. The van der Waals surface area contributed by atoms with Gasteiger partial charge < -0.3 is 4.90 Å². The zero-order valence-corrected chi connectivity index (χ0v) is 15.4. The third kappa shape index (κ3) is 3.84. The van der Waals surface area contributed by atoms with Crippen LogP contribution in [0.25, 0.3) is 10.8 Å². The van der Waals surface area contributed by atoms with E-state index in [1.54, 1.807) is 0 Å². The summed E-state index contributed by atoms with van der Waals surface area (Å²) in [4.78, 5) is 15.0. The Kier molecular flexibility index (Phi) is 5.37.